The summed E-state index contributed by atoms with van der Waals surface area (Å²) in [7, 11) is 0. The molecule has 5 aromatic carbocycles. The molecule has 0 saturated carbocycles. The molecule has 178 valence electrons. The van der Waals surface area contributed by atoms with E-state index < -0.39 is 0 Å². The molecule has 0 atom stereocenters. The van der Waals surface area contributed by atoms with Crippen molar-refractivity contribution in [2.75, 3.05) is 17.2 Å². The zero-order valence-corrected chi connectivity index (χ0v) is 19.4. The lowest BCUT2D eigenvalue weighted by Gasteiger charge is -2.15. The summed E-state index contributed by atoms with van der Waals surface area (Å²) in [6.07, 6.45) is 0. The van der Waals surface area contributed by atoms with Crippen LogP contribution in [0, 0.1) is 0 Å². The van der Waals surface area contributed by atoms with Gasteiger partial charge in [0, 0.05) is 34.8 Å². The smallest absolute Gasteiger partial charge is 0.138 e. The fourth-order valence-corrected chi connectivity index (χ4v) is 3.64. The first kappa shape index (κ1) is 22.7. The van der Waals surface area contributed by atoms with Crippen molar-refractivity contribution in [3.8, 4) is 45.6 Å². The van der Waals surface area contributed by atoms with E-state index in [1.54, 1.807) is 30.3 Å². The summed E-state index contributed by atoms with van der Waals surface area (Å²) in [6.45, 7) is 0. The van der Waals surface area contributed by atoms with E-state index in [1.807, 2.05) is 84.9 Å². The number of nitrogens with two attached hydrogens (primary N) is 3. The van der Waals surface area contributed by atoms with E-state index in [1.165, 1.54) is 0 Å². The quantitative estimate of drug-likeness (QED) is 0.211. The van der Waals surface area contributed by atoms with Crippen molar-refractivity contribution in [1.29, 1.82) is 0 Å². The Morgan fingerprint density at radius 1 is 0.389 bits per heavy atom. The third-order valence-corrected chi connectivity index (χ3v) is 5.44. The second kappa shape index (κ2) is 10.0. The minimum absolute atomic E-state index is 0.618. The minimum atomic E-state index is 0.618. The summed E-state index contributed by atoms with van der Waals surface area (Å²) >= 11 is 0. The highest BCUT2D eigenvalue weighted by atomic mass is 16.5. The Morgan fingerprint density at radius 3 is 1.47 bits per heavy atom. The fraction of sp³-hybridized carbons (Fsp3) is 0. The van der Waals surface area contributed by atoms with Gasteiger partial charge in [0.1, 0.15) is 34.5 Å². The maximum atomic E-state index is 6.26. The molecule has 0 heterocycles. The Morgan fingerprint density at radius 2 is 0.889 bits per heavy atom. The van der Waals surface area contributed by atoms with Crippen LogP contribution in [0.1, 0.15) is 0 Å². The van der Waals surface area contributed by atoms with Gasteiger partial charge in [-0.05, 0) is 90.5 Å². The zero-order chi connectivity index (χ0) is 24.9. The van der Waals surface area contributed by atoms with Gasteiger partial charge in [0.25, 0.3) is 0 Å². The molecule has 6 heteroatoms. The van der Waals surface area contributed by atoms with Crippen molar-refractivity contribution in [2.45, 2.75) is 0 Å². The molecule has 0 bridgehead atoms. The Bertz CT molecular complexity index is 1470. The van der Waals surface area contributed by atoms with E-state index in [2.05, 4.69) is 0 Å². The van der Waals surface area contributed by atoms with Gasteiger partial charge in [-0.15, -0.1) is 0 Å². The molecule has 0 aliphatic rings. The van der Waals surface area contributed by atoms with Gasteiger partial charge < -0.3 is 31.4 Å². The van der Waals surface area contributed by atoms with Gasteiger partial charge >= 0.3 is 0 Å². The van der Waals surface area contributed by atoms with Crippen molar-refractivity contribution in [2.24, 2.45) is 0 Å². The number of ether oxygens (including phenoxy) is 3. The Kier molecular flexibility index (Phi) is 6.32. The Balaban J connectivity index is 1.44. The van der Waals surface area contributed by atoms with Crippen molar-refractivity contribution < 1.29 is 14.2 Å². The average Bonchev–Trinajstić information content (AvgIpc) is 2.88. The van der Waals surface area contributed by atoms with E-state index in [9.17, 15) is 0 Å². The molecule has 0 unspecified atom stereocenters. The van der Waals surface area contributed by atoms with Crippen LogP contribution in [-0.2, 0) is 0 Å². The van der Waals surface area contributed by atoms with Crippen molar-refractivity contribution >= 4 is 17.1 Å². The maximum absolute atomic E-state index is 6.26. The molecular weight excluding hydrogens is 450 g/mol. The lowest BCUT2D eigenvalue weighted by Crippen LogP contribution is -1.93. The number of nitrogen functional groups attached to an aromatic ring is 3. The second-order valence-electron chi connectivity index (χ2n) is 8.20. The van der Waals surface area contributed by atoms with Crippen LogP contribution in [-0.4, -0.2) is 0 Å². The van der Waals surface area contributed by atoms with Crippen molar-refractivity contribution in [3.63, 3.8) is 0 Å². The highest BCUT2D eigenvalue weighted by Gasteiger charge is 2.12. The van der Waals surface area contributed by atoms with Gasteiger partial charge in [-0.3, -0.25) is 0 Å². The van der Waals surface area contributed by atoms with E-state index in [0.29, 0.717) is 51.6 Å². The Hall–Kier alpha value is -5.10. The molecule has 0 aliphatic carbocycles. The number of anilines is 3. The van der Waals surface area contributed by atoms with Crippen LogP contribution in [0.2, 0.25) is 0 Å². The first-order chi connectivity index (χ1) is 17.5. The fourth-order valence-electron chi connectivity index (χ4n) is 3.64. The average molecular weight is 476 g/mol. The van der Waals surface area contributed by atoms with E-state index in [4.69, 9.17) is 31.4 Å². The number of hydrogen-bond acceptors (Lipinski definition) is 6. The van der Waals surface area contributed by atoms with E-state index in [0.717, 1.165) is 11.1 Å². The predicted octanol–water partition coefficient (Wildman–Crippen LogP) is 7.48. The van der Waals surface area contributed by atoms with Gasteiger partial charge in [-0.1, -0.05) is 18.2 Å². The molecule has 0 radical (unpaired) electrons. The van der Waals surface area contributed by atoms with E-state index >= 15 is 0 Å². The van der Waals surface area contributed by atoms with Crippen LogP contribution in [0.15, 0.2) is 115 Å². The predicted molar refractivity (Wildman–Crippen MR) is 145 cm³/mol. The van der Waals surface area contributed by atoms with Gasteiger partial charge in [0.15, 0.2) is 0 Å². The Labute approximate surface area is 209 Å². The van der Waals surface area contributed by atoms with Crippen LogP contribution in [0.5, 0.6) is 34.5 Å². The normalized spacial score (nSPS) is 10.6. The summed E-state index contributed by atoms with van der Waals surface area (Å²) < 4.78 is 18.2. The number of benzene rings is 5. The summed E-state index contributed by atoms with van der Waals surface area (Å²) in [5.41, 5.74) is 21.3. The zero-order valence-electron chi connectivity index (χ0n) is 19.4. The standard InChI is InChI=1S/C30H25N3O3/c31-21-6-12-25(13-7-21)34-24-10-4-20(5-11-24)29-17-16-28(35-26-14-8-22(32)9-15-26)19-30(29)36-27-3-1-2-23(33)18-27/h1-19H,31-33H2. The SMILES string of the molecule is Nc1ccc(Oc2ccc(-c3ccc(Oc4ccc(N)cc4)cc3Oc3cccc(N)c3)cc2)cc1. The molecule has 0 amide bonds. The van der Waals surface area contributed by atoms with Gasteiger partial charge in [0.2, 0.25) is 0 Å². The van der Waals surface area contributed by atoms with Crippen molar-refractivity contribution in [3.05, 3.63) is 115 Å². The molecule has 0 aromatic heterocycles. The van der Waals surface area contributed by atoms with Gasteiger partial charge in [0.05, 0.1) is 0 Å². The topological polar surface area (TPSA) is 106 Å². The summed E-state index contributed by atoms with van der Waals surface area (Å²) in [5, 5.41) is 0. The lowest BCUT2D eigenvalue weighted by atomic mass is 10.0. The van der Waals surface area contributed by atoms with Crippen molar-refractivity contribution in [1.82, 2.24) is 0 Å². The maximum Gasteiger partial charge on any atom is 0.138 e. The van der Waals surface area contributed by atoms with Gasteiger partial charge in [-0.2, -0.15) is 0 Å². The number of rotatable bonds is 7. The molecule has 5 rings (SSSR count). The van der Waals surface area contributed by atoms with E-state index in [-0.39, 0.29) is 0 Å². The lowest BCUT2D eigenvalue weighted by molar-refractivity contribution is 0.461. The molecule has 0 saturated heterocycles. The van der Waals surface area contributed by atoms with Crippen LogP contribution in [0.25, 0.3) is 11.1 Å². The summed E-state index contributed by atoms with van der Waals surface area (Å²) in [6, 6.07) is 35.3. The minimum Gasteiger partial charge on any atom is -0.457 e. The molecule has 0 aliphatic heterocycles. The second-order valence-corrected chi connectivity index (χ2v) is 8.20. The largest absolute Gasteiger partial charge is 0.457 e. The molecule has 0 fully saturated rings. The summed E-state index contributed by atoms with van der Waals surface area (Å²) in [4.78, 5) is 0. The molecule has 6 nitrogen and oxygen atoms in total. The number of hydrogen-bond donors (Lipinski definition) is 3. The molecular formula is C30H25N3O3. The highest BCUT2D eigenvalue weighted by molar-refractivity contribution is 5.73. The van der Waals surface area contributed by atoms with Crippen LogP contribution < -0.4 is 31.4 Å². The third kappa shape index (κ3) is 5.51. The van der Waals surface area contributed by atoms with Crippen LogP contribution in [0.3, 0.4) is 0 Å². The van der Waals surface area contributed by atoms with Crippen LogP contribution >= 0.6 is 0 Å². The monoisotopic (exact) mass is 475 g/mol. The first-order valence-corrected chi connectivity index (χ1v) is 11.4. The third-order valence-electron chi connectivity index (χ3n) is 5.44. The summed E-state index contributed by atoms with van der Waals surface area (Å²) in [5.74, 6) is 3.99. The van der Waals surface area contributed by atoms with Crippen LogP contribution in [0.4, 0.5) is 17.1 Å². The van der Waals surface area contributed by atoms with Gasteiger partial charge in [-0.25, -0.2) is 0 Å². The molecule has 0 spiro atoms. The first-order valence-electron chi connectivity index (χ1n) is 11.4. The molecule has 6 N–H and O–H groups in total. The molecule has 5 aromatic rings. The highest BCUT2D eigenvalue weighted by Crippen LogP contribution is 2.38. The molecule has 36 heavy (non-hydrogen) atoms.